The molecule has 2 nitrogen and oxygen atoms in total. The number of ether oxygens (including phenoxy) is 1. The summed E-state index contributed by atoms with van der Waals surface area (Å²) in [6.07, 6.45) is 8.35. The number of halogens is 2. The maximum atomic E-state index is 6.24. The van der Waals surface area contributed by atoms with Crippen LogP contribution in [0.4, 0.5) is 0 Å². The summed E-state index contributed by atoms with van der Waals surface area (Å²) >= 11 is 12.2. The van der Waals surface area contributed by atoms with Crippen LogP contribution in [0.3, 0.4) is 0 Å². The van der Waals surface area contributed by atoms with Crippen LogP contribution in [0, 0.1) is 16.7 Å². The van der Waals surface area contributed by atoms with E-state index in [0.29, 0.717) is 33.0 Å². The molecule has 4 atom stereocenters. The van der Waals surface area contributed by atoms with E-state index in [-0.39, 0.29) is 0 Å². The van der Waals surface area contributed by atoms with E-state index in [1.165, 1.54) is 44.1 Å². The Kier molecular flexibility index (Phi) is 5.12. The second-order valence-corrected chi connectivity index (χ2v) is 11.8. The van der Waals surface area contributed by atoms with Crippen molar-refractivity contribution in [2.75, 3.05) is 0 Å². The third-order valence-electron chi connectivity index (χ3n) is 7.63. The van der Waals surface area contributed by atoms with E-state index in [2.05, 4.69) is 43.4 Å². The van der Waals surface area contributed by atoms with E-state index in [1.807, 2.05) is 12.1 Å². The Bertz CT molecular complexity index is 923. The minimum atomic E-state index is 0.337. The van der Waals surface area contributed by atoms with Gasteiger partial charge in [0.1, 0.15) is 12.4 Å². The first-order chi connectivity index (χ1) is 14.2. The number of nitrogens with one attached hydrogen (secondary N) is 1. The Morgan fingerprint density at radius 2 is 1.63 bits per heavy atom. The Morgan fingerprint density at radius 1 is 0.933 bits per heavy atom. The molecule has 0 spiro atoms. The Balaban J connectivity index is 1.20. The van der Waals surface area contributed by atoms with Gasteiger partial charge in [-0.25, -0.2) is 0 Å². The number of benzene rings is 2. The molecular weight excluding hydrogens is 413 g/mol. The smallest absolute Gasteiger partial charge is 0.119 e. The van der Waals surface area contributed by atoms with Crippen molar-refractivity contribution in [3.63, 3.8) is 0 Å². The monoisotopic (exact) mass is 443 g/mol. The van der Waals surface area contributed by atoms with Crippen molar-refractivity contribution in [3.05, 3.63) is 63.6 Å². The van der Waals surface area contributed by atoms with Crippen LogP contribution in [0.1, 0.15) is 63.5 Å². The van der Waals surface area contributed by atoms with Crippen LogP contribution >= 0.6 is 23.2 Å². The van der Waals surface area contributed by atoms with Gasteiger partial charge in [-0.05, 0) is 85.1 Å². The molecule has 4 aliphatic carbocycles. The number of hydrogen-bond donors (Lipinski definition) is 1. The maximum absolute atomic E-state index is 6.24. The molecule has 4 aliphatic rings. The van der Waals surface area contributed by atoms with Gasteiger partial charge >= 0.3 is 0 Å². The second-order valence-electron chi connectivity index (χ2n) is 10.9. The van der Waals surface area contributed by atoms with Crippen molar-refractivity contribution in [2.24, 2.45) is 16.7 Å². The lowest BCUT2D eigenvalue weighted by Gasteiger charge is -2.65. The van der Waals surface area contributed by atoms with Crippen LogP contribution in [-0.4, -0.2) is 5.54 Å². The van der Waals surface area contributed by atoms with Gasteiger partial charge in [-0.1, -0.05) is 55.2 Å². The van der Waals surface area contributed by atoms with Gasteiger partial charge in [-0.3, -0.25) is 0 Å². The van der Waals surface area contributed by atoms with E-state index in [0.717, 1.165) is 23.8 Å². The topological polar surface area (TPSA) is 21.3 Å². The fourth-order valence-electron chi connectivity index (χ4n) is 7.44. The van der Waals surface area contributed by atoms with Crippen LogP contribution in [0.15, 0.2) is 42.5 Å². The fraction of sp³-hybridized carbons (Fsp3) is 0.538. The summed E-state index contributed by atoms with van der Waals surface area (Å²) in [5.74, 6) is 1.78. The molecular formula is C26H31Cl2NO. The maximum Gasteiger partial charge on any atom is 0.119 e. The van der Waals surface area contributed by atoms with Crippen molar-refractivity contribution >= 4 is 23.2 Å². The highest BCUT2D eigenvalue weighted by Crippen LogP contribution is 2.66. The van der Waals surface area contributed by atoms with Gasteiger partial charge < -0.3 is 10.1 Å². The molecule has 4 bridgehead atoms. The zero-order valence-electron chi connectivity index (χ0n) is 17.9. The normalized spacial score (nSPS) is 34.3. The molecule has 6 rings (SSSR count). The standard InChI is InChI=1S/C26H31Cl2NO/c1-24-10-19-11-25(2,15-24)17-26(12-19,16-24)29-13-18-3-7-22(8-4-18)30-14-20-5-6-21(27)9-23(20)28/h3-9,19,29H,10-17H2,1-2H3/t19?,24-,25+,26?. The summed E-state index contributed by atoms with van der Waals surface area (Å²) in [6, 6.07) is 14.0. The number of rotatable bonds is 6. The van der Waals surface area contributed by atoms with Gasteiger partial charge in [0.2, 0.25) is 0 Å². The summed E-state index contributed by atoms with van der Waals surface area (Å²) in [7, 11) is 0. The van der Waals surface area contributed by atoms with Crippen LogP contribution in [0.25, 0.3) is 0 Å². The highest BCUT2D eigenvalue weighted by Gasteiger charge is 2.59. The molecule has 0 aromatic heterocycles. The molecule has 30 heavy (non-hydrogen) atoms. The van der Waals surface area contributed by atoms with Crippen molar-refractivity contribution in [1.29, 1.82) is 0 Å². The van der Waals surface area contributed by atoms with Crippen molar-refractivity contribution in [1.82, 2.24) is 5.32 Å². The molecule has 0 radical (unpaired) electrons. The molecule has 0 heterocycles. The van der Waals surface area contributed by atoms with E-state index in [4.69, 9.17) is 27.9 Å². The first kappa shape index (κ1) is 20.7. The average Bonchev–Trinajstić information content (AvgIpc) is 2.64. The Morgan fingerprint density at radius 3 is 2.27 bits per heavy atom. The number of hydrogen-bond acceptors (Lipinski definition) is 2. The van der Waals surface area contributed by atoms with E-state index >= 15 is 0 Å². The largest absolute Gasteiger partial charge is 0.489 e. The molecule has 2 aromatic rings. The predicted molar refractivity (Wildman–Crippen MR) is 124 cm³/mol. The van der Waals surface area contributed by atoms with Crippen molar-refractivity contribution in [2.45, 2.75) is 71.1 Å². The predicted octanol–water partition coefficient (Wildman–Crippen LogP) is 7.41. The highest BCUT2D eigenvalue weighted by molar-refractivity contribution is 6.35. The second kappa shape index (κ2) is 7.43. The molecule has 4 fully saturated rings. The van der Waals surface area contributed by atoms with Gasteiger partial charge in [0.15, 0.2) is 0 Å². The molecule has 4 heteroatoms. The lowest BCUT2D eigenvalue weighted by atomic mass is 9.43. The lowest BCUT2D eigenvalue weighted by molar-refractivity contribution is -0.118. The first-order valence-corrected chi connectivity index (χ1v) is 11.9. The fourth-order valence-corrected chi connectivity index (χ4v) is 7.90. The summed E-state index contributed by atoms with van der Waals surface area (Å²) in [5.41, 5.74) is 3.68. The molecule has 0 amide bonds. The quantitative estimate of drug-likeness (QED) is 0.501. The molecule has 0 aliphatic heterocycles. The third kappa shape index (κ3) is 4.11. The molecule has 0 saturated heterocycles. The summed E-state index contributed by atoms with van der Waals surface area (Å²) in [6.45, 7) is 6.44. The zero-order chi connectivity index (χ0) is 21.0. The van der Waals surface area contributed by atoms with Crippen molar-refractivity contribution in [3.8, 4) is 5.75 Å². The van der Waals surface area contributed by atoms with Crippen LogP contribution < -0.4 is 10.1 Å². The van der Waals surface area contributed by atoms with Gasteiger partial charge in [0.25, 0.3) is 0 Å². The SMILES string of the molecule is C[C@]12CC3CC(NCc4ccc(OCc5ccc(Cl)cc5Cl)cc4)(C1)C[C@@](C)(C3)C2. The van der Waals surface area contributed by atoms with Crippen LogP contribution in [0.5, 0.6) is 5.75 Å². The minimum absolute atomic E-state index is 0.337. The van der Waals surface area contributed by atoms with Crippen LogP contribution in [-0.2, 0) is 13.2 Å². The third-order valence-corrected chi connectivity index (χ3v) is 8.21. The molecule has 4 saturated carbocycles. The van der Waals surface area contributed by atoms with E-state index in [1.54, 1.807) is 6.07 Å². The van der Waals surface area contributed by atoms with E-state index in [9.17, 15) is 0 Å². The van der Waals surface area contributed by atoms with Gasteiger partial charge in [-0.2, -0.15) is 0 Å². The molecule has 160 valence electrons. The zero-order valence-corrected chi connectivity index (χ0v) is 19.5. The first-order valence-electron chi connectivity index (χ1n) is 11.1. The molecule has 1 N–H and O–H groups in total. The van der Waals surface area contributed by atoms with Crippen LogP contribution in [0.2, 0.25) is 10.0 Å². The molecule has 2 aromatic carbocycles. The Labute approximate surface area is 190 Å². The lowest BCUT2D eigenvalue weighted by Crippen LogP contribution is -2.63. The summed E-state index contributed by atoms with van der Waals surface area (Å²) in [4.78, 5) is 0. The Hall–Kier alpha value is -1.22. The van der Waals surface area contributed by atoms with Crippen molar-refractivity contribution < 1.29 is 4.74 Å². The minimum Gasteiger partial charge on any atom is -0.489 e. The van der Waals surface area contributed by atoms with Gasteiger partial charge in [-0.15, -0.1) is 0 Å². The highest BCUT2D eigenvalue weighted by atomic mass is 35.5. The molecule has 2 unspecified atom stereocenters. The van der Waals surface area contributed by atoms with E-state index < -0.39 is 0 Å². The summed E-state index contributed by atoms with van der Waals surface area (Å²) in [5, 5.41) is 5.29. The van der Waals surface area contributed by atoms with Gasteiger partial charge in [0, 0.05) is 27.7 Å². The van der Waals surface area contributed by atoms with Gasteiger partial charge in [0.05, 0.1) is 0 Å². The average molecular weight is 444 g/mol. The summed E-state index contributed by atoms with van der Waals surface area (Å²) < 4.78 is 5.92.